The zero-order valence-corrected chi connectivity index (χ0v) is 16.6. The van der Waals surface area contributed by atoms with Gasteiger partial charge in [-0.25, -0.2) is 0 Å². The molecular formula is C19H27N3O6. The third-order valence-corrected chi connectivity index (χ3v) is 4.76. The Morgan fingerprint density at radius 1 is 1.21 bits per heavy atom. The van der Waals surface area contributed by atoms with E-state index in [4.69, 9.17) is 14.6 Å². The van der Waals surface area contributed by atoms with Crippen molar-refractivity contribution in [1.29, 1.82) is 0 Å². The van der Waals surface area contributed by atoms with Crippen LogP contribution in [0.2, 0.25) is 0 Å². The number of nitrogens with zero attached hydrogens (tertiary/aromatic N) is 1. The molecule has 0 atom stereocenters. The van der Waals surface area contributed by atoms with Gasteiger partial charge in [0.1, 0.15) is 0 Å². The first-order valence-electron chi connectivity index (χ1n) is 9.09. The van der Waals surface area contributed by atoms with Crippen LogP contribution in [0, 0.1) is 0 Å². The zero-order chi connectivity index (χ0) is 20.8. The predicted octanol–water partition coefficient (Wildman–Crippen LogP) is 1.33. The van der Waals surface area contributed by atoms with Gasteiger partial charge in [-0.05, 0) is 31.5 Å². The Balaban J connectivity index is 2.07. The molecule has 9 nitrogen and oxygen atoms in total. The molecular weight excluding hydrogens is 366 g/mol. The summed E-state index contributed by atoms with van der Waals surface area (Å²) in [6.45, 7) is 3.93. The average Bonchev–Trinajstić information content (AvgIpc) is 2.60. The molecule has 1 aromatic rings. The lowest BCUT2D eigenvalue weighted by atomic mass is 9.85. The number of hydrogen-bond donors (Lipinski definition) is 3. The van der Waals surface area contributed by atoms with E-state index in [1.165, 1.54) is 27.2 Å². The minimum atomic E-state index is -0.856. The lowest BCUT2D eigenvalue weighted by Gasteiger charge is -2.42. The molecule has 1 saturated carbocycles. The lowest BCUT2D eigenvalue weighted by molar-refractivity contribution is -0.139. The van der Waals surface area contributed by atoms with Crippen molar-refractivity contribution in [1.82, 2.24) is 10.2 Å². The van der Waals surface area contributed by atoms with Gasteiger partial charge < -0.3 is 25.2 Å². The molecule has 0 heterocycles. The molecule has 9 heteroatoms. The Morgan fingerprint density at radius 2 is 1.89 bits per heavy atom. The highest BCUT2D eigenvalue weighted by Crippen LogP contribution is 2.37. The van der Waals surface area contributed by atoms with E-state index in [0.29, 0.717) is 42.1 Å². The van der Waals surface area contributed by atoms with Gasteiger partial charge in [0.05, 0.1) is 26.5 Å². The van der Waals surface area contributed by atoms with Crippen molar-refractivity contribution in [3.63, 3.8) is 0 Å². The van der Waals surface area contributed by atoms with Gasteiger partial charge in [0, 0.05) is 24.6 Å². The van der Waals surface area contributed by atoms with Crippen molar-refractivity contribution < 1.29 is 29.0 Å². The minimum Gasteiger partial charge on any atom is -0.493 e. The molecule has 1 fully saturated rings. The van der Waals surface area contributed by atoms with Crippen LogP contribution in [0.15, 0.2) is 12.1 Å². The molecule has 0 radical (unpaired) electrons. The number of amides is 2. The van der Waals surface area contributed by atoms with E-state index >= 15 is 0 Å². The molecule has 28 heavy (non-hydrogen) atoms. The molecule has 0 aliphatic heterocycles. The van der Waals surface area contributed by atoms with Gasteiger partial charge >= 0.3 is 5.97 Å². The first-order valence-corrected chi connectivity index (χ1v) is 9.09. The second kappa shape index (κ2) is 9.41. The average molecular weight is 393 g/mol. The van der Waals surface area contributed by atoms with Crippen LogP contribution in [-0.4, -0.2) is 67.2 Å². The van der Waals surface area contributed by atoms with Crippen molar-refractivity contribution in [2.24, 2.45) is 0 Å². The SMILES string of the molecule is CCN(CC(=O)O)C1CC(NC(=O)c2cc(NC(C)=O)c(OC)c(OC)c2)C1. The molecule has 2 amide bonds. The molecule has 1 aliphatic carbocycles. The Bertz CT molecular complexity index is 745. The summed E-state index contributed by atoms with van der Waals surface area (Å²) in [6, 6.07) is 3.21. The van der Waals surface area contributed by atoms with Gasteiger partial charge in [0.15, 0.2) is 11.5 Å². The number of hydrogen-bond acceptors (Lipinski definition) is 6. The molecule has 1 aliphatic rings. The number of rotatable bonds is 9. The van der Waals surface area contributed by atoms with Crippen molar-refractivity contribution in [2.75, 3.05) is 32.6 Å². The number of carbonyl (C=O) groups is 3. The number of ether oxygens (including phenoxy) is 2. The number of aliphatic carboxylic acids is 1. The van der Waals surface area contributed by atoms with E-state index in [1.807, 2.05) is 11.8 Å². The maximum absolute atomic E-state index is 12.6. The summed E-state index contributed by atoms with van der Waals surface area (Å²) in [5.41, 5.74) is 0.687. The molecule has 3 N–H and O–H groups in total. The highest BCUT2D eigenvalue weighted by molar-refractivity contribution is 5.99. The van der Waals surface area contributed by atoms with Gasteiger partial charge in [-0.2, -0.15) is 0 Å². The zero-order valence-electron chi connectivity index (χ0n) is 16.6. The third-order valence-electron chi connectivity index (χ3n) is 4.76. The largest absolute Gasteiger partial charge is 0.493 e. The summed E-state index contributed by atoms with van der Waals surface area (Å²) in [6.07, 6.45) is 1.39. The van der Waals surface area contributed by atoms with Crippen LogP contribution < -0.4 is 20.1 Å². The van der Waals surface area contributed by atoms with Crippen LogP contribution in [-0.2, 0) is 9.59 Å². The van der Waals surface area contributed by atoms with E-state index in [0.717, 1.165) is 0 Å². The first kappa shape index (κ1) is 21.5. The van der Waals surface area contributed by atoms with E-state index in [1.54, 1.807) is 6.07 Å². The topological polar surface area (TPSA) is 117 Å². The fraction of sp³-hybridized carbons (Fsp3) is 0.526. The number of carboxylic acid groups (broad SMARTS) is 1. The maximum Gasteiger partial charge on any atom is 0.317 e. The van der Waals surface area contributed by atoms with Gasteiger partial charge in [-0.1, -0.05) is 6.92 Å². The standard InChI is InChI=1S/C19H27N3O6/c1-5-22(10-17(24)25)14-8-13(9-14)21-19(26)12-6-15(20-11(2)23)18(28-4)16(7-12)27-3/h6-7,13-14H,5,8-10H2,1-4H3,(H,20,23)(H,21,26)(H,24,25). The van der Waals surface area contributed by atoms with Crippen LogP contribution in [0.5, 0.6) is 11.5 Å². The number of methoxy groups -OCH3 is 2. The smallest absolute Gasteiger partial charge is 0.317 e. The van der Waals surface area contributed by atoms with Crippen LogP contribution in [0.3, 0.4) is 0 Å². The second-order valence-electron chi connectivity index (χ2n) is 6.69. The van der Waals surface area contributed by atoms with E-state index in [9.17, 15) is 14.4 Å². The fourth-order valence-electron chi connectivity index (χ4n) is 3.32. The normalized spacial score (nSPS) is 18.2. The Labute approximate surface area is 164 Å². The fourth-order valence-corrected chi connectivity index (χ4v) is 3.32. The van der Waals surface area contributed by atoms with Crippen LogP contribution in [0.1, 0.15) is 37.0 Å². The first-order chi connectivity index (χ1) is 13.3. The monoisotopic (exact) mass is 393 g/mol. The second-order valence-corrected chi connectivity index (χ2v) is 6.69. The number of nitrogens with one attached hydrogen (secondary N) is 2. The summed E-state index contributed by atoms with van der Waals surface area (Å²) in [4.78, 5) is 36.9. The molecule has 0 saturated heterocycles. The number of likely N-dealkylation sites (N-methyl/N-ethyl adjacent to an activating group) is 1. The number of benzene rings is 1. The molecule has 0 spiro atoms. The number of carboxylic acids is 1. The Kier molecular flexibility index (Phi) is 7.22. The predicted molar refractivity (Wildman–Crippen MR) is 103 cm³/mol. The highest BCUT2D eigenvalue weighted by Gasteiger charge is 2.35. The Hall–Kier alpha value is -2.81. The van der Waals surface area contributed by atoms with E-state index in [-0.39, 0.29) is 30.4 Å². The van der Waals surface area contributed by atoms with Gasteiger partial charge in [-0.3, -0.25) is 19.3 Å². The van der Waals surface area contributed by atoms with Crippen molar-refractivity contribution >= 4 is 23.5 Å². The van der Waals surface area contributed by atoms with Gasteiger partial charge in [0.25, 0.3) is 5.91 Å². The van der Waals surface area contributed by atoms with Crippen molar-refractivity contribution in [2.45, 2.75) is 38.8 Å². The van der Waals surface area contributed by atoms with Crippen LogP contribution in [0.4, 0.5) is 5.69 Å². The summed E-state index contributed by atoms with van der Waals surface area (Å²) >= 11 is 0. The van der Waals surface area contributed by atoms with Crippen LogP contribution >= 0.6 is 0 Å². The highest BCUT2D eigenvalue weighted by atomic mass is 16.5. The molecule has 1 aromatic carbocycles. The minimum absolute atomic E-state index is 0.00239. The van der Waals surface area contributed by atoms with Crippen molar-refractivity contribution in [3.8, 4) is 11.5 Å². The number of carbonyl (C=O) groups excluding carboxylic acids is 2. The van der Waals surface area contributed by atoms with E-state index < -0.39 is 5.97 Å². The quantitative estimate of drug-likeness (QED) is 0.579. The lowest BCUT2D eigenvalue weighted by Crippen LogP contribution is -2.54. The third kappa shape index (κ3) is 5.13. The molecule has 0 unspecified atom stereocenters. The number of anilines is 1. The van der Waals surface area contributed by atoms with E-state index in [2.05, 4.69) is 10.6 Å². The molecule has 2 rings (SSSR count). The molecule has 0 aromatic heterocycles. The molecule has 154 valence electrons. The molecule has 0 bridgehead atoms. The summed E-state index contributed by atoms with van der Waals surface area (Å²) in [7, 11) is 2.91. The summed E-state index contributed by atoms with van der Waals surface area (Å²) < 4.78 is 10.6. The summed E-state index contributed by atoms with van der Waals surface area (Å²) in [5, 5.41) is 14.5. The Morgan fingerprint density at radius 3 is 2.39 bits per heavy atom. The van der Waals surface area contributed by atoms with Crippen molar-refractivity contribution in [3.05, 3.63) is 17.7 Å². The van der Waals surface area contributed by atoms with Crippen LogP contribution in [0.25, 0.3) is 0 Å². The maximum atomic E-state index is 12.6. The van der Waals surface area contributed by atoms with Gasteiger partial charge in [0.2, 0.25) is 5.91 Å². The summed E-state index contributed by atoms with van der Waals surface area (Å²) in [5.74, 6) is -0.769. The van der Waals surface area contributed by atoms with Gasteiger partial charge in [-0.15, -0.1) is 0 Å².